The molecule has 3 rings (SSSR count). The molecule has 1 aromatic heterocycles. The van der Waals surface area contributed by atoms with Crippen LogP contribution in [0, 0.1) is 6.92 Å². The van der Waals surface area contributed by atoms with Crippen molar-refractivity contribution in [3.63, 3.8) is 0 Å². The zero-order valence-electron chi connectivity index (χ0n) is 11.1. The molecule has 0 aliphatic carbocycles. The van der Waals surface area contributed by atoms with Crippen LogP contribution in [-0.2, 0) is 0 Å². The quantitative estimate of drug-likeness (QED) is 0.748. The molecule has 106 valence electrons. The monoisotopic (exact) mass is 346 g/mol. The lowest BCUT2D eigenvalue weighted by Gasteiger charge is -2.08. The Balaban J connectivity index is 2.42. The third-order valence-electron chi connectivity index (χ3n) is 3.36. The molecule has 21 heavy (non-hydrogen) atoms. The Morgan fingerprint density at radius 3 is 2.67 bits per heavy atom. The molecule has 6 heteroatoms. The fraction of sp³-hybridized carbons (Fsp3) is 0.0667. The lowest BCUT2D eigenvalue weighted by atomic mass is 10.1. The normalized spacial score (nSPS) is 11.0. The van der Waals surface area contributed by atoms with E-state index in [1.54, 1.807) is 18.2 Å². The van der Waals surface area contributed by atoms with E-state index < -0.39 is 5.97 Å². The van der Waals surface area contributed by atoms with Crippen LogP contribution in [0.4, 0.5) is 0 Å². The van der Waals surface area contributed by atoms with Gasteiger partial charge >= 0.3 is 11.7 Å². The highest BCUT2D eigenvalue weighted by atomic mass is 79.9. The molecule has 0 saturated carbocycles. The van der Waals surface area contributed by atoms with E-state index in [-0.39, 0.29) is 11.3 Å². The van der Waals surface area contributed by atoms with Crippen LogP contribution in [0.2, 0.25) is 0 Å². The van der Waals surface area contributed by atoms with Crippen LogP contribution in [0.15, 0.2) is 45.7 Å². The second-order valence-electron chi connectivity index (χ2n) is 4.68. The topological polar surface area (TPSA) is 75.1 Å². The molecule has 0 bridgehead atoms. The fourth-order valence-corrected chi connectivity index (χ4v) is 2.79. The molecule has 0 atom stereocenters. The van der Waals surface area contributed by atoms with Crippen LogP contribution in [0.25, 0.3) is 16.7 Å². The predicted molar refractivity (Wildman–Crippen MR) is 83.3 cm³/mol. The third-order valence-corrected chi connectivity index (χ3v) is 4.39. The van der Waals surface area contributed by atoms with Gasteiger partial charge in [-0.2, -0.15) is 0 Å². The summed E-state index contributed by atoms with van der Waals surface area (Å²) < 4.78 is 2.27. The number of carbonyl (C=O) groups is 1. The van der Waals surface area contributed by atoms with Crippen molar-refractivity contribution in [1.29, 1.82) is 0 Å². The summed E-state index contributed by atoms with van der Waals surface area (Å²) in [5, 5.41) is 9.21. The number of fused-ring (bicyclic) bond motifs is 1. The number of aromatic nitrogens is 2. The second-order valence-corrected chi connectivity index (χ2v) is 5.47. The van der Waals surface area contributed by atoms with Crippen LogP contribution < -0.4 is 5.69 Å². The van der Waals surface area contributed by atoms with Crippen molar-refractivity contribution in [3.8, 4) is 5.69 Å². The highest BCUT2D eigenvalue weighted by Crippen LogP contribution is 2.27. The molecular formula is C15H11BrN2O3. The molecule has 0 saturated heterocycles. The Kier molecular flexibility index (Phi) is 3.17. The van der Waals surface area contributed by atoms with Crippen molar-refractivity contribution in [2.24, 2.45) is 0 Å². The van der Waals surface area contributed by atoms with Gasteiger partial charge in [0.25, 0.3) is 0 Å². The lowest BCUT2D eigenvalue weighted by Crippen LogP contribution is -2.15. The first-order valence-corrected chi connectivity index (χ1v) is 7.02. The molecule has 0 fully saturated rings. The number of H-pyrrole nitrogens is 1. The number of halogens is 1. The van der Waals surface area contributed by atoms with Crippen molar-refractivity contribution in [2.75, 3.05) is 0 Å². The Morgan fingerprint density at radius 1 is 1.24 bits per heavy atom. The van der Waals surface area contributed by atoms with Crippen molar-refractivity contribution in [2.45, 2.75) is 6.92 Å². The van der Waals surface area contributed by atoms with E-state index in [0.29, 0.717) is 16.7 Å². The van der Waals surface area contributed by atoms with E-state index in [0.717, 1.165) is 10.0 Å². The standard InChI is InChI=1S/C15H11BrN2O3/c1-8-4-2-6-10(12(8)16)18-11-7-3-5-9(14(19)20)13(11)17-15(18)21/h2-7H,1H3,(H,17,21)(H,19,20). The number of nitrogens with one attached hydrogen (secondary N) is 1. The van der Waals surface area contributed by atoms with Gasteiger partial charge in [0.15, 0.2) is 0 Å². The summed E-state index contributed by atoms with van der Waals surface area (Å²) in [5.41, 5.74) is 2.23. The van der Waals surface area contributed by atoms with Gasteiger partial charge in [-0.3, -0.25) is 4.57 Å². The first-order valence-electron chi connectivity index (χ1n) is 6.23. The van der Waals surface area contributed by atoms with E-state index in [4.69, 9.17) is 0 Å². The molecule has 2 aromatic carbocycles. The number of benzene rings is 2. The van der Waals surface area contributed by atoms with Gasteiger partial charge in [-0.05, 0) is 46.6 Å². The second kappa shape index (κ2) is 4.89. The van der Waals surface area contributed by atoms with Gasteiger partial charge in [0, 0.05) is 4.47 Å². The highest BCUT2D eigenvalue weighted by molar-refractivity contribution is 9.10. The van der Waals surface area contributed by atoms with Gasteiger partial charge in [0.2, 0.25) is 0 Å². The van der Waals surface area contributed by atoms with E-state index in [1.165, 1.54) is 10.6 Å². The predicted octanol–water partition coefficient (Wildman–Crippen LogP) is 3.09. The first-order chi connectivity index (χ1) is 10.0. The Morgan fingerprint density at radius 2 is 1.95 bits per heavy atom. The van der Waals surface area contributed by atoms with Crippen molar-refractivity contribution >= 4 is 32.9 Å². The van der Waals surface area contributed by atoms with E-state index >= 15 is 0 Å². The molecule has 0 aliphatic heterocycles. The van der Waals surface area contributed by atoms with E-state index in [1.807, 2.05) is 19.1 Å². The molecule has 5 nitrogen and oxygen atoms in total. The minimum Gasteiger partial charge on any atom is -0.478 e. The molecule has 0 amide bonds. The van der Waals surface area contributed by atoms with Crippen molar-refractivity contribution < 1.29 is 9.90 Å². The zero-order chi connectivity index (χ0) is 15.1. The third kappa shape index (κ3) is 2.08. The van der Waals surface area contributed by atoms with Gasteiger partial charge in [-0.1, -0.05) is 18.2 Å². The Labute approximate surface area is 128 Å². The van der Waals surface area contributed by atoms with Crippen LogP contribution >= 0.6 is 15.9 Å². The number of hydrogen-bond acceptors (Lipinski definition) is 2. The highest BCUT2D eigenvalue weighted by Gasteiger charge is 2.16. The van der Waals surface area contributed by atoms with Crippen LogP contribution in [0.3, 0.4) is 0 Å². The summed E-state index contributed by atoms with van der Waals surface area (Å²) in [5.74, 6) is -1.07. The van der Waals surface area contributed by atoms with Crippen LogP contribution in [0.5, 0.6) is 0 Å². The molecule has 1 heterocycles. The molecule has 0 aliphatic rings. The number of para-hydroxylation sites is 1. The summed E-state index contributed by atoms with van der Waals surface area (Å²) in [4.78, 5) is 26.2. The summed E-state index contributed by atoms with van der Waals surface area (Å²) >= 11 is 3.48. The van der Waals surface area contributed by atoms with Crippen molar-refractivity contribution in [3.05, 3.63) is 62.5 Å². The Bertz CT molecular complexity index is 924. The molecule has 3 aromatic rings. The maximum absolute atomic E-state index is 12.3. The van der Waals surface area contributed by atoms with Gasteiger partial charge in [0.05, 0.1) is 22.3 Å². The molecule has 0 spiro atoms. The SMILES string of the molecule is Cc1cccc(-n2c(=O)[nH]c3c(C(=O)O)cccc32)c1Br. The van der Waals surface area contributed by atoms with Crippen LogP contribution in [-0.4, -0.2) is 20.6 Å². The maximum Gasteiger partial charge on any atom is 0.337 e. The molecule has 0 unspecified atom stereocenters. The zero-order valence-corrected chi connectivity index (χ0v) is 12.6. The maximum atomic E-state index is 12.3. The molecular weight excluding hydrogens is 336 g/mol. The minimum atomic E-state index is -1.07. The molecule has 2 N–H and O–H groups in total. The van der Waals surface area contributed by atoms with Crippen LogP contribution in [0.1, 0.15) is 15.9 Å². The number of imidazole rings is 1. The van der Waals surface area contributed by atoms with E-state index in [9.17, 15) is 14.7 Å². The number of carboxylic acids is 1. The first kappa shape index (κ1) is 13.6. The van der Waals surface area contributed by atoms with Gasteiger partial charge in [-0.15, -0.1) is 0 Å². The number of aryl methyl sites for hydroxylation is 1. The molecule has 0 radical (unpaired) electrons. The average Bonchev–Trinajstić information content (AvgIpc) is 2.77. The number of carboxylic acid groups (broad SMARTS) is 1. The smallest absolute Gasteiger partial charge is 0.337 e. The summed E-state index contributed by atoms with van der Waals surface area (Å²) in [6.07, 6.45) is 0. The largest absolute Gasteiger partial charge is 0.478 e. The van der Waals surface area contributed by atoms with Gasteiger partial charge < -0.3 is 10.1 Å². The fourth-order valence-electron chi connectivity index (χ4n) is 2.35. The average molecular weight is 347 g/mol. The number of aromatic carboxylic acids is 1. The summed E-state index contributed by atoms with van der Waals surface area (Å²) in [6.45, 7) is 1.93. The Hall–Kier alpha value is -2.34. The number of nitrogens with zero attached hydrogens (tertiary/aromatic N) is 1. The number of hydrogen-bond donors (Lipinski definition) is 2. The van der Waals surface area contributed by atoms with E-state index in [2.05, 4.69) is 20.9 Å². The summed E-state index contributed by atoms with van der Waals surface area (Å²) in [6, 6.07) is 10.4. The van der Waals surface area contributed by atoms with Gasteiger partial charge in [-0.25, -0.2) is 9.59 Å². The lowest BCUT2D eigenvalue weighted by molar-refractivity contribution is 0.0699. The van der Waals surface area contributed by atoms with Gasteiger partial charge in [0.1, 0.15) is 0 Å². The number of aromatic amines is 1. The minimum absolute atomic E-state index is 0.0760. The van der Waals surface area contributed by atoms with Crippen molar-refractivity contribution in [1.82, 2.24) is 9.55 Å². The summed E-state index contributed by atoms with van der Waals surface area (Å²) in [7, 11) is 0. The number of rotatable bonds is 2.